The van der Waals surface area contributed by atoms with E-state index in [-0.39, 0.29) is 37.7 Å². The summed E-state index contributed by atoms with van der Waals surface area (Å²) in [4.78, 5) is 24.7. The second kappa shape index (κ2) is 30.6. The van der Waals surface area contributed by atoms with Gasteiger partial charge in [-0.1, -0.05) is 302 Å². The molecule has 4 unspecified atom stereocenters. The number of aliphatic carboxylic acids is 2. The Bertz CT molecular complexity index is 1790. The minimum absolute atomic E-state index is 0. The summed E-state index contributed by atoms with van der Waals surface area (Å²) in [5.41, 5.74) is -1.28. The number of benzene rings is 4. The molecule has 0 spiro atoms. The second-order valence-corrected chi connectivity index (χ2v) is 19.2. The van der Waals surface area contributed by atoms with Crippen molar-refractivity contribution in [3.05, 3.63) is 144 Å². The Kier molecular flexibility index (Phi) is 25.8. The zero-order valence-corrected chi connectivity index (χ0v) is 43.7. The van der Waals surface area contributed by atoms with E-state index in [9.17, 15) is 19.8 Å². The number of hydrogen-bond acceptors (Lipinski definition) is 6. The van der Waals surface area contributed by atoms with E-state index in [2.05, 4.69) is 13.8 Å². The van der Waals surface area contributed by atoms with Crippen LogP contribution in [-0.2, 0) is 41.5 Å². The largest absolute Gasteiger partial charge is 2.00 e. The summed E-state index contributed by atoms with van der Waals surface area (Å²) in [7, 11) is 0. The Morgan fingerprint density at radius 1 is 0.343 bits per heavy atom. The summed E-state index contributed by atoms with van der Waals surface area (Å²) in [5.74, 6) is -2.29. The minimum Gasteiger partial charge on any atom is -0.546 e. The van der Waals surface area contributed by atoms with Gasteiger partial charge in [-0.05, 0) is 35.1 Å². The van der Waals surface area contributed by atoms with Gasteiger partial charge in [-0.2, -0.15) is 0 Å². The predicted octanol–water partition coefficient (Wildman–Crippen LogP) is 13.7. The van der Waals surface area contributed by atoms with E-state index in [0.29, 0.717) is 24.0 Å². The number of carboxylic acids is 2. The summed E-state index contributed by atoms with van der Waals surface area (Å²) in [6.45, 7) is 4.53. The average molecular weight is 939 g/mol. The Morgan fingerprint density at radius 2 is 0.552 bits per heavy atom. The maximum absolute atomic E-state index is 12.4. The average Bonchev–Trinajstić information content (AvgIpc) is 4.26. The predicted molar refractivity (Wildman–Crippen MR) is 271 cm³/mol. The topological polar surface area (TPSA) is 105 Å². The standard InChI is InChI=1S/2C30H42O3.Ca/c2*1-2-3-4-5-6-7-8-9-10-11-12-13-20-25-29(26-21-16-14-17-22-26)30(33-29,28(31)32)27-23-18-15-19-24-27;/h2*14-19,21-24H,2-13,20,25H2,1H3,(H,31,32);/q;;+2/p-2. The molecule has 2 aliphatic heterocycles. The molecule has 4 aromatic carbocycles. The first-order valence-electron chi connectivity index (χ1n) is 26.4. The van der Waals surface area contributed by atoms with Crippen molar-refractivity contribution in [2.24, 2.45) is 0 Å². The fourth-order valence-corrected chi connectivity index (χ4v) is 10.5. The summed E-state index contributed by atoms with van der Waals surface area (Å²) >= 11 is 0. The number of hydrogen-bond donors (Lipinski definition) is 0. The van der Waals surface area contributed by atoms with Crippen LogP contribution in [0.2, 0.25) is 0 Å². The van der Waals surface area contributed by atoms with Crippen molar-refractivity contribution < 1.29 is 29.3 Å². The molecule has 360 valence electrons. The number of carbonyl (C=O) groups is 2. The van der Waals surface area contributed by atoms with Crippen molar-refractivity contribution in [3.8, 4) is 0 Å². The molecular formula is C60H82CaO6. The van der Waals surface area contributed by atoms with Gasteiger partial charge in [-0.3, -0.25) is 0 Å². The van der Waals surface area contributed by atoms with Gasteiger partial charge in [0.25, 0.3) is 0 Å². The number of unbranched alkanes of at least 4 members (excludes halogenated alkanes) is 24. The smallest absolute Gasteiger partial charge is 0.546 e. The Hall–Kier alpha value is -3.00. The van der Waals surface area contributed by atoms with Crippen LogP contribution in [0.15, 0.2) is 121 Å². The van der Waals surface area contributed by atoms with E-state index < -0.39 is 34.3 Å². The normalized spacial score (nSPS) is 21.4. The van der Waals surface area contributed by atoms with E-state index in [1.807, 2.05) is 121 Å². The minimum atomic E-state index is -1.40. The summed E-state index contributed by atoms with van der Waals surface area (Å²) in [6.07, 6.45) is 35.0. The number of ether oxygens (including phenoxy) is 2. The van der Waals surface area contributed by atoms with Crippen LogP contribution in [0.3, 0.4) is 0 Å². The molecule has 0 aliphatic carbocycles. The molecule has 0 amide bonds. The number of carbonyl (C=O) groups excluding carboxylic acids is 2. The van der Waals surface area contributed by atoms with Gasteiger partial charge in [-0.15, -0.1) is 0 Å². The van der Waals surface area contributed by atoms with Crippen LogP contribution in [0.5, 0.6) is 0 Å². The van der Waals surface area contributed by atoms with Gasteiger partial charge in [0.15, 0.2) is 11.2 Å². The maximum atomic E-state index is 12.4. The molecule has 6 rings (SSSR count). The summed E-state index contributed by atoms with van der Waals surface area (Å²) in [5, 5.41) is 24.7. The molecule has 0 saturated carbocycles. The van der Waals surface area contributed by atoms with Crippen LogP contribution in [0, 0.1) is 0 Å². The van der Waals surface area contributed by atoms with Crippen molar-refractivity contribution in [3.63, 3.8) is 0 Å². The molecular weight excluding hydrogens is 857 g/mol. The number of carboxylic acid groups (broad SMARTS) is 2. The van der Waals surface area contributed by atoms with Crippen LogP contribution < -0.4 is 10.2 Å². The van der Waals surface area contributed by atoms with Crippen molar-refractivity contribution >= 4 is 49.7 Å². The SMILES string of the molecule is CCCCCCCCCCCCCCCC1(c2ccccc2)OC1(C(=O)[O-])c1ccccc1.CCCCCCCCCCCCCCCC1(c2ccccc2)OC1(C(=O)[O-])c1ccccc1.[Ca+2]. The monoisotopic (exact) mass is 939 g/mol. The van der Waals surface area contributed by atoms with Gasteiger partial charge in [0.2, 0.25) is 0 Å². The molecule has 0 aromatic heterocycles. The third-order valence-electron chi connectivity index (χ3n) is 14.4. The molecule has 2 saturated heterocycles. The van der Waals surface area contributed by atoms with Gasteiger partial charge < -0.3 is 29.3 Å². The molecule has 2 fully saturated rings. The van der Waals surface area contributed by atoms with Gasteiger partial charge >= 0.3 is 37.7 Å². The first-order valence-corrected chi connectivity index (χ1v) is 26.4. The van der Waals surface area contributed by atoms with Gasteiger partial charge in [0, 0.05) is 0 Å². The van der Waals surface area contributed by atoms with Crippen molar-refractivity contribution in [1.82, 2.24) is 0 Å². The van der Waals surface area contributed by atoms with Gasteiger partial charge in [0.05, 0.1) is 11.9 Å². The van der Waals surface area contributed by atoms with E-state index >= 15 is 0 Å². The van der Waals surface area contributed by atoms with Crippen molar-refractivity contribution in [2.45, 2.75) is 216 Å². The van der Waals surface area contributed by atoms with Crippen molar-refractivity contribution in [1.29, 1.82) is 0 Å². The Balaban J connectivity index is 0.000000288. The molecule has 6 nitrogen and oxygen atoms in total. The van der Waals surface area contributed by atoms with Crippen molar-refractivity contribution in [2.75, 3.05) is 0 Å². The van der Waals surface area contributed by atoms with Crippen LogP contribution in [0.25, 0.3) is 0 Å². The molecule has 2 aliphatic rings. The number of epoxide rings is 2. The molecule has 0 radical (unpaired) electrons. The van der Waals surface area contributed by atoms with E-state index in [4.69, 9.17) is 9.47 Å². The van der Waals surface area contributed by atoms with Crippen LogP contribution in [-0.4, -0.2) is 49.7 Å². The molecule has 67 heavy (non-hydrogen) atoms. The van der Waals surface area contributed by atoms with E-state index in [0.717, 1.165) is 36.8 Å². The zero-order chi connectivity index (χ0) is 46.8. The van der Waals surface area contributed by atoms with Crippen LogP contribution in [0.1, 0.15) is 216 Å². The first kappa shape index (κ1) is 56.6. The molecule has 0 bridgehead atoms. The quantitative estimate of drug-likeness (QED) is 0.0262. The van der Waals surface area contributed by atoms with E-state index in [1.54, 1.807) is 0 Å². The fourth-order valence-electron chi connectivity index (χ4n) is 10.5. The molecule has 0 N–H and O–H groups in total. The molecule has 7 heteroatoms. The Labute approximate surface area is 435 Å². The first-order chi connectivity index (χ1) is 32.3. The third kappa shape index (κ3) is 15.5. The van der Waals surface area contributed by atoms with Gasteiger partial charge in [-0.25, -0.2) is 0 Å². The summed E-state index contributed by atoms with van der Waals surface area (Å²) in [6, 6.07) is 38.2. The summed E-state index contributed by atoms with van der Waals surface area (Å²) < 4.78 is 12.3. The van der Waals surface area contributed by atoms with Crippen LogP contribution >= 0.6 is 0 Å². The van der Waals surface area contributed by atoms with E-state index in [1.165, 1.54) is 141 Å². The van der Waals surface area contributed by atoms with Crippen LogP contribution in [0.4, 0.5) is 0 Å². The molecule has 2 heterocycles. The zero-order valence-electron chi connectivity index (χ0n) is 41.5. The maximum Gasteiger partial charge on any atom is 2.00 e. The molecule has 4 aromatic rings. The molecule has 4 atom stereocenters. The fraction of sp³-hybridized carbons (Fsp3) is 0.567. The Morgan fingerprint density at radius 3 is 0.776 bits per heavy atom. The second-order valence-electron chi connectivity index (χ2n) is 19.2. The third-order valence-corrected chi connectivity index (χ3v) is 14.4. The number of rotatable bonds is 34. The van der Waals surface area contributed by atoms with Gasteiger partial charge in [0.1, 0.15) is 11.2 Å².